The van der Waals surface area contributed by atoms with E-state index in [1.54, 1.807) is 12.1 Å². The molecule has 2 amide bonds. The summed E-state index contributed by atoms with van der Waals surface area (Å²) in [5.74, 6) is -0.302. The Kier molecular flexibility index (Phi) is 4.49. The minimum Gasteiger partial charge on any atom is -0.299 e. The van der Waals surface area contributed by atoms with Gasteiger partial charge < -0.3 is 0 Å². The summed E-state index contributed by atoms with van der Waals surface area (Å²) in [7, 11) is 0. The number of nitrogens with zero attached hydrogens (tertiary/aromatic N) is 3. The zero-order valence-corrected chi connectivity index (χ0v) is 16.0. The van der Waals surface area contributed by atoms with E-state index < -0.39 is 0 Å². The third-order valence-corrected chi connectivity index (χ3v) is 6.47. The van der Waals surface area contributed by atoms with Crippen LogP contribution in [0.2, 0.25) is 0 Å². The predicted molar refractivity (Wildman–Crippen MR) is 107 cm³/mol. The summed E-state index contributed by atoms with van der Waals surface area (Å²) in [4.78, 5) is 31.4. The van der Waals surface area contributed by atoms with Gasteiger partial charge in [0.1, 0.15) is 0 Å². The minimum absolute atomic E-state index is 0.151. The Hall–Kier alpha value is -2.50. The molecule has 5 heteroatoms. The lowest BCUT2D eigenvalue weighted by Crippen LogP contribution is -2.49. The SMILES string of the molecule is O=C1c2ccccc2C(=O)N1CCN1CCN(C2CCc3ccccc32)CC1. The Morgan fingerprint density at radius 3 is 2.14 bits per heavy atom. The van der Waals surface area contributed by atoms with Crippen molar-refractivity contribution in [3.8, 4) is 0 Å². The van der Waals surface area contributed by atoms with E-state index in [1.807, 2.05) is 12.1 Å². The van der Waals surface area contributed by atoms with Gasteiger partial charge in [-0.05, 0) is 36.1 Å². The third-order valence-electron chi connectivity index (χ3n) is 6.47. The van der Waals surface area contributed by atoms with Crippen molar-refractivity contribution in [3.63, 3.8) is 0 Å². The molecule has 2 aliphatic heterocycles. The van der Waals surface area contributed by atoms with Gasteiger partial charge in [-0.3, -0.25) is 24.3 Å². The summed E-state index contributed by atoms with van der Waals surface area (Å²) in [6, 6.07) is 16.5. The molecule has 0 N–H and O–H groups in total. The van der Waals surface area contributed by atoms with Crippen LogP contribution in [0.25, 0.3) is 0 Å². The van der Waals surface area contributed by atoms with Gasteiger partial charge in [0.2, 0.25) is 0 Å². The van der Waals surface area contributed by atoms with E-state index in [2.05, 4.69) is 34.1 Å². The molecule has 1 atom stereocenters. The number of fused-ring (bicyclic) bond motifs is 2. The van der Waals surface area contributed by atoms with E-state index in [1.165, 1.54) is 28.9 Å². The van der Waals surface area contributed by atoms with Crippen LogP contribution in [0.5, 0.6) is 0 Å². The van der Waals surface area contributed by atoms with Gasteiger partial charge in [-0.2, -0.15) is 0 Å². The fourth-order valence-corrected chi connectivity index (χ4v) is 4.90. The Morgan fingerprint density at radius 2 is 1.43 bits per heavy atom. The number of aryl methyl sites for hydroxylation is 1. The molecule has 0 bridgehead atoms. The van der Waals surface area contributed by atoms with E-state index in [9.17, 15) is 9.59 Å². The van der Waals surface area contributed by atoms with E-state index in [0.29, 0.717) is 23.7 Å². The summed E-state index contributed by atoms with van der Waals surface area (Å²) in [6.45, 7) is 5.28. The number of rotatable bonds is 4. The molecule has 1 unspecified atom stereocenters. The fourth-order valence-electron chi connectivity index (χ4n) is 4.90. The van der Waals surface area contributed by atoms with Crippen molar-refractivity contribution in [3.05, 3.63) is 70.8 Å². The van der Waals surface area contributed by atoms with Crippen LogP contribution in [0.15, 0.2) is 48.5 Å². The number of hydrogen-bond donors (Lipinski definition) is 0. The molecule has 1 aliphatic carbocycles. The van der Waals surface area contributed by atoms with Crippen molar-refractivity contribution < 1.29 is 9.59 Å². The van der Waals surface area contributed by atoms with Crippen LogP contribution in [0.3, 0.4) is 0 Å². The Bertz CT molecular complexity index is 883. The van der Waals surface area contributed by atoms with Gasteiger partial charge in [0.15, 0.2) is 0 Å². The second kappa shape index (κ2) is 7.15. The molecule has 5 rings (SSSR count). The second-order valence-electron chi connectivity index (χ2n) is 7.94. The first kappa shape index (κ1) is 17.6. The van der Waals surface area contributed by atoms with Gasteiger partial charge in [0, 0.05) is 45.3 Å². The molecular formula is C23H25N3O2. The summed E-state index contributed by atoms with van der Waals surface area (Å²) < 4.78 is 0. The molecule has 2 aromatic carbocycles. The highest BCUT2D eigenvalue weighted by Crippen LogP contribution is 2.35. The highest BCUT2D eigenvalue weighted by atomic mass is 16.2. The highest BCUT2D eigenvalue weighted by Gasteiger charge is 2.35. The first-order chi connectivity index (χ1) is 13.7. The maximum Gasteiger partial charge on any atom is 0.261 e. The van der Waals surface area contributed by atoms with E-state index in [4.69, 9.17) is 0 Å². The van der Waals surface area contributed by atoms with Crippen molar-refractivity contribution in [2.75, 3.05) is 39.3 Å². The normalized spacial score (nSPS) is 22.6. The van der Waals surface area contributed by atoms with Gasteiger partial charge in [-0.15, -0.1) is 0 Å². The summed E-state index contributed by atoms with van der Waals surface area (Å²) in [6.07, 6.45) is 2.40. The topological polar surface area (TPSA) is 43.9 Å². The van der Waals surface area contributed by atoms with Gasteiger partial charge in [0.05, 0.1) is 11.1 Å². The monoisotopic (exact) mass is 375 g/mol. The molecule has 2 heterocycles. The van der Waals surface area contributed by atoms with Crippen LogP contribution in [0.4, 0.5) is 0 Å². The maximum absolute atomic E-state index is 12.5. The number of imide groups is 1. The molecule has 1 fully saturated rings. The third kappa shape index (κ3) is 2.95. The average molecular weight is 375 g/mol. The average Bonchev–Trinajstić information content (AvgIpc) is 3.27. The number of benzene rings is 2. The molecule has 3 aliphatic rings. The standard InChI is InChI=1S/C23H25N3O2/c27-22-19-7-3-4-8-20(19)23(28)26(22)16-13-24-11-14-25(15-12-24)21-10-9-17-5-1-2-6-18(17)21/h1-8,21H,9-16H2. The van der Waals surface area contributed by atoms with Crippen LogP contribution in [-0.4, -0.2) is 65.8 Å². The number of carbonyl (C=O) groups is 2. The zero-order valence-electron chi connectivity index (χ0n) is 16.0. The summed E-state index contributed by atoms with van der Waals surface area (Å²) >= 11 is 0. The van der Waals surface area contributed by atoms with Crippen molar-refractivity contribution in [2.45, 2.75) is 18.9 Å². The lowest BCUT2D eigenvalue weighted by atomic mass is 10.1. The van der Waals surface area contributed by atoms with Crippen LogP contribution in [0, 0.1) is 0 Å². The van der Waals surface area contributed by atoms with E-state index >= 15 is 0 Å². The number of piperazine rings is 1. The zero-order chi connectivity index (χ0) is 19.1. The quantitative estimate of drug-likeness (QED) is 0.771. The molecule has 0 radical (unpaired) electrons. The molecule has 0 aromatic heterocycles. The molecule has 0 spiro atoms. The van der Waals surface area contributed by atoms with E-state index in [0.717, 1.165) is 32.7 Å². The minimum atomic E-state index is -0.151. The van der Waals surface area contributed by atoms with Crippen LogP contribution in [0.1, 0.15) is 44.3 Å². The molecule has 144 valence electrons. The molecule has 2 aromatic rings. The Morgan fingerprint density at radius 1 is 0.786 bits per heavy atom. The Labute approximate surface area is 165 Å². The lowest BCUT2D eigenvalue weighted by molar-refractivity contribution is 0.0592. The first-order valence-corrected chi connectivity index (χ1v) is 10.2. The second-order valence-corrected chi connectivity index (χ2v) is 7.94. The summed E-state index contributed by atoms with van der Waals surface area (Å²) in [5.41, 5.74) is 4.08. The lowest BCUT2D eigenvalue weighted by Gasteiger charge is -2.38. The molecular weight excluding hydrogens is 350 g/mol. The van der Waals surface area contributed by atoms with Gasteiger partial charge >= 0.3 is 0 Å². The van der Waals surface area contributed by atoms with Gasteiger partial charge in [-0.1, -0.05) is 36.4 Å². The first-order valence-electron chi connectivity index (χ1n) is 10.2. The number of amides is 2. The van der Waals surface area contributed by atoms with Crippen LogP contribution < -0.4 is 0 Å². The van der Waals surface area contributed by atoms with Crippen molar-refractivity contribution >= 4 is 11.8 Å². The van der Waals surface area contributed by atoms with Crippen LogP contribution in [-0.2, 0) is 6.42 Å². The Balaban J connectivity index is 1.16. The highest BCUT2D eigenvalue weighted by molar-refractivity contribution is 6.21. The molecule has 0 saturated carbocycles. The largest absolute Gasteiger partial charge is 0.299 e. The summed E-state index contributed by atoms with van der Waals surface area (Å²) in [5, 5.41) is 0. The van der Waals surface area contributed by atoms with Crippen molar-refractivity contribution in [1.29, 1.82) is 0 Å². The van der Waals surface area contributed by atoms with Crippen LogP contribution >= 0.6 is 0 Å². The van der Waals surface area contributed by atoms with Crippen molar-refractivity contribution in [1.82, 2.24) is 14.7 Å². The molecule has 28 heavy (non-hydrogen) atoms. The number of carbonyl (C=O) groups excluding carboxylic acids is 2. The fraction of sp³-hybridized carbons (Fsp3) is 0.391. The van der Waals surface area contributed by atoms with Crippen molar-refractivity contribution in [2.24, 2.45) is 0 Å². The molecule has 1 saturated heterocycles. The smallest absolute Gasteiger partial charge is 0.261 e. The number of hydrogen-bond acceptors (Lipinski definition) is 4. The van der Waals surface area contributed by atoms with E-state index in [-0.39, 0.29) is 11.8 Å². The van der Waals surface area contributed by atoms with Gasteiger partial charge in [-0.25, -0.2) is 0 Å². The predicted octanol–water partition coefficient (Wildman–Crippen LogP) is 2.59. The molecule has 5 nitrogen and oxygen atoms in total. The maximum atomic E-state index is 12.5. The van der Waals surface area contributed by atoms with Gasteiger partial charge in [0.25, 0.3) is 11.8 Å².